The summed E-state index contributed by atoms with van der Waals surface area (Å²) in [5, 5.41) is 0. The highest BCUT2D eigenvalue weighted by atomic mass is 16.2. The quantitative estimate of drug-likeness (QED) is 0.312. The average Bonchev–Trinajstić information content (AvgIpc) is 2.86. The van der Waals surface area contributed by atoms with Crippen LogP contribution in [0.15, 0.2) is 60.2 Å². The van der Waals surface area contributed by atoms with Gasteiger partial charge in [0.1, 0.15) is 0 Å². The minimum absolute atomic E-state index is 0.0327. The topological polar surface area (TPSA) is 20.3 Å². The standard InChI is InChI=1S/C32H43NO/c1-7-24(4)10-11-25(5)28-16-17-31-22-29(18-19-30(31)21-28)27-14-12-26(13-15-27)9-8-20-33(6)32(34)23(2)3/h12-15,18-19,21-22,24-25H,2,7-11,16-17,20H2,1,3-6H3. The van der Waals surface area contributed by atoms with Crippen molar-refractivity contribution in [1.29, 1.82) is 0 Å². The molecule has 2 heteroatoms. The first-order valence-electron chi connectivity index (χ1n) is 13.1. The van der Waals surface area contributed by atoms with Crippen molar-refractivity contribution in [1.82, 2.24) is 4.90 Å². The third-order valence-electron chi connectivity index (χ3n) is 7.55. The highest BCUT2D eigenvalue weighted by Gasteiger charge is 2.17. The Balaban J connectivity index is 1.59. The predicted octanol–water partition coefficient (Wildman–Crippen LogP) is 8.11. The number of rotatable bonds is 11. The fourth-order valence-corrected chi connectivity index (χ4v) is 4.82. The number of hydrogen-bond acceptors (Lipinski definition) is 1. The van der Waals surface area contributed by atoms with Crippen LogP contribution in [-0.2, 0) is 17.6 Å². The van der Waals surface area contributed by atoms with E-state index in [1.807, 2.05) is 7.05 Å². The van der Waals surface area contributed by atoms with Crippen LogP contribution in [0.2, 0.25) is 0 Å². The molecule has 2 aromatic carbocycles. The Morgan fingerprint density at radius 3 is 2.41 bits per heavy atom. The Kier molecular flexibility index (Phi) is 9.33. The Morgan fingerprint density at radius 2 is 1.74 bits per heavy atom. The summed E-state index contributed by atoms with van der Waals surface area (Å²) in [6.07, 6.45) is 10.7. The summed E-state index contributed by atoms with van der Waals surface area (Å²) in [6, 6.07) is 15.9. The molecule has 0 N–H and O–H groups in total. The highest BCUT2D eigenvalue weighted by Crippen LogP contribution is 2.33. The van der Waals surface area contributed by atoms with Crippen LogP contribution in [0.5, 0.6) is 0 Å². The SMILES string of the molecule is C=C(C)C(=O)N(C)CCCc1ccc(-c2ccc3c(c2)CCC(C(C)CCC(C)CC)=C3)cc1. The van der Waals surface area contributed by atoms with Crippen LogP contribution < -0.4 is 0 Å². The number of aryl methyl sites for hydroxylation is 2. The molecule has 0 heterocycles. The summed E-state index contributed by atoms with van der Waals surface area (Å²) < 4.78 is 0. The second-order valence-electron chi connectivity index (χ2n) is 10.4. The third-order valence-corrected chi connectivity index (χ3v) is 7.55. The molecule has 0 bridgehead atoms. The molecule has 1 aliphatic carbocycles. The predicted molar refractivity (Wildman–Crippen MR) is 147 cm³/mol. The van der Waals surface area contributed by atoms with Crippen LogP contribution in [0, 0.1) is 11.8 Å². The summed E-state index contributed by atoms with van der Waals surface area (Å²) in [4.78, 5) is 13.7. The molecule has 2 nitrogen and oxygen atoms in total. The smallest absolute Gasteiger partial charge is 0.248 e. The molecule has 2 aromatic rings. The van der Waals surface area contributed by atoms with Gasteiger partial charge in [-0.3, -0.25) is 4.79 Å². The van der Waals surface area contributed by atoms with E-state index in [-0.39, 0.29) is 5.91 Å². The van der Waals surface area contributed by atoms with Crippen LogP contribution in [-0.4, -0.2) is 24.4 Å². The number of carbonyl (C=O) groups excluding carboxylic acids is 1. The molecule has 0 aliphatic heterocycles. The maximum atomic E-state index is 11.9. The number of hydrogen-bond donors (Lipinski definition) is 0. The van der Waals surface area contributed by atoms with Gasteiger partial charge in [0, 0.05) is 19.2 Å². The molecule has 1 amide bonds. The van der Waals surface area contributed by atoms with Crippen molar-refractivity contribution in [2.24, 2.45) is 11.8 Å². The summed E-state index contributed by atoms with van der Waals surface area (Å²) in [6.45, 7) is 13.3. The first-order chi connectivity index (χ1) is 16.3. The molecular formula is C32H43NO. The van der Waals surface area contributed by atoms with E-state index in [1.165, 1.54) is 53.5 Å². The number of likely N-dealkylation sites (N-methyl/N-ethyl adjacent to an activating group) is 1. The highest BCUT2D eigenvalue weighted by molar-refractivity contribution is 5.91. The van der Waals surface area contributed by atoms with Crippen molar-refractivity contribution in [3.8, 4) is 11.1 Å². The van der Waals surface area contributed by atoms with E-state index in [4.69, 9.17) is 0 Å². The number of amides is 1. The zero-order valence-corrected chi connectivity index (χ0v) is 22.0. The molecule has 0 radical (unpaired) electrons. The molecule has 0 aromatic heterocycles. The number of carbonyl (C=O) groups is 1. The van der Waals surface area contributed by atoms with Crippen molar-refractivity contribution >= 4 is 12.0 Å². The van der Waals surface area contributed by atoms with Crippen LogP contribution >= 0.6 is 0 Å². The Labute approximate surface area is 207 Å². The van der Waals surface area contributed by atoms with E-state index in [0.717, 1.165) is 31.7 Å². The fraction of sp³-hybridized carbons (Fsp3) is 0.469. The second kappa shape index (κ2) is 12.2. The lowest BCUT2D eigenvalue weighted by Gasteiger charge is -2.23. The van der Waals surface area contributed by atoms with Crippen LogP contribution in [0.3, 0.4) is 0 Å². The van der Waals surface area contributed by atoms with Gasteiger partial charge >= 0.3 is 0 Å². The van der Waals surface area contributed by atoms with E-state index in [9.17, 15) is 4.79 Å². The van der Waals surface area contributed by atoms with Gasteiger partial charge in [-0.05, 0) is 78.7 Å². The Bertz CT molecular complexity index is 1010. The number of nitrogens with zero attached hydrogens (tertiary/aromatic N) is 1. The van der Waals surface area contributed by atoms with Crippen LogP contribution in [0.1, 0.15) is 76.5 Å². The van der Waals surface area contributed by atoms with Gasteiger partial charge < -0.3 is 4.90 Å². The monoisotopic (exact) mass is 457 g/mol. The molecule has 0 spiro atoms. The zero-order valence-electron chi connectivity index (χ0n) is 22.0. The minimum Gasteiger partial charge on any atom is -0.342 e. The lowest BCUT2D eigenvalue weighted by atomic mass is 9.82. The number of fused-ring (bicyclic) bond motifs is 1. The van der Waals surface area contributed by atoms with E-state index in [0.29, 0.717) is 11.5 Å². The molecule has 0 saturated carbocycles. The van der Waals surface area contributed by atoms with Crippen LogP contribution in [0.25, 0.3) is 17.2 Å². The molecule has 2 unspecified atom stereocenters. The molecule has 182 valence electrons. The maximum Gasteiger partial charge on any atom is 0.248 e. The minimum atomic E-state index is 0.0327. The van der Waals surface area contributed by atoms with Gasteiger partial charge in [0.2, 0.25) is 5.91 Å². The average molecular weight is 458 g/mol. The largest absolute Gasteiger partial charge is 0.342 e. The molecule has 0 saturated heterocycles. The van der Waals surface area contributed by atoms with Gasteiger partial charge in [-0.15, -0.1) is 0 Å². The van der Waals surface area contributed by atoms with E-state index in [2.05, 4.69) is 75.9 Å². The van der Waals surface area contributed by atoms with Crippen LogP contribution in [0.4, 0.5) is 0 Å². The van der Waals surface area contributed by atoms with Crippen molar-refractivity contribution < 1.29 is 4.79 Å². The number of benzene rings is 2. The molecule has 34 heavy (non-hydrogen) atoms. The summed E-state index contributed by atoms with van der Waals surface area (Å²) >= 11 is 0. The van der Waals surface area contributed by atoms with Crippen molar-refractivity contribution in [3.05, 3.63) is 76.9 Å². The normalized spacial score (nSPS) is 14.7. The Morgan fingerprint density at radius 1 is 1.03 bits per heavy atom. The third kappa shape index (κ3) is 6.95. The van der Waals surface area contributed by atoms with Gasteiger partial charge in [-0.1, -0.05) is 94.3 Å². The Hall–Kier alpha value is -2.61. The molecule has 3 rings (SSSR count). The van der Waals surface area contributed by atoms with Gasteiger partial charge in [0.25, 0.3) is 0 Å². The summed E-state index contributed by atoms with van der Waals surface area (Å²) in [7, 11) is 1.85. The lowest BCUT2D eigenvalue weighted by molar-refractivity contribution is -0.125. The second-order valence-corrected chi connectivity index (χ2v) is 10.4. The lowest BCUT2D eigenvalue weighted by Crippen LogP contribution is -2.28. The van der Waals surface area contributed by atoms with E-state index < -0.39 is 0 Å². The summed E-state index contributed by atoms with van der Waals surface area (Å²) in [5.41, 5.74) is 9.01. The maximum absolute atomic E-state index is 11.9. The zero-order chi connectivity index (χ0) is 24.7. The molecule has 0 fully saturated rings. The van der Waals surface area contributed by atoms with Crippen molar-refractivity contribution in [2.45, 2.75) is 72.6 Å². The molecule has 2 atom stereocenters. The van der Waals surface area contributed by atoms with Gasteiger partial charge in [0.05, 0.1) is 0 Å². The fourth-order valence-electron chi connectivity index (χ4n) is 4.82. The first-order valence-corrected chi connectivity index (χ1v) is 13.1. The van der Waals surface area contributed by atoms with Crippen molar-refractivity contribution in [2.75, 3.05) is 13.6 Å². The van der Waals surface area contributed by atoms with Gasteiger partial charge in [0.15, 0.2) is 0 Å². The van der Waals surface area contributed by atoms with Gasteiger partial charge in [-0.25, -0.2) is 0 Å². The van der Waals surface area contributed by atoms with E-state index >= 15 is 0 Å². The van der Waals surface area contributed by atoms with Crippen molar-refractivity contribution in [3.63, 3.8) is 0 Å². The number of allylic oxidation sites excluding steroid dienone is 1. The first kappa shape index (κ1) is 26.0. The van der Waals surface area contributed by atoms with Gasteiger partial charge in [-0.2, -0.15) is 0 Å². The van der Waals surface area contributed by atoms with E-state index in [1.54, 1.807) is 17.4 Å². The molecular weight excluding hydrogens is 414 g/mol. The molecule has 1 aliphatic rings. The summed E-state index contributed by atoms with van der Waals surface area (Å²) in [5.74, 6) is 1.55.